The minimum atomic E-state index is -2.31. The molecule has 7 nitrogen and oxygen atoms in total. The Bertz CT molecular complexity index is 2550. The zero-order valence-corrected chi connectivity index (χ0v) is 38.8. The third-order valence-electron chi connectivity index (χ3n) is 13.5. The van der Waals surface area contributed by atoms with Crippen molar-refractivity contribution in [2.75, 3.05) is 42.1 Å². The molecule has 0 radical (unpaired) electrons. The molecular weight excluding hydrogens is 798 g/mol. The van der Waals surface area contributed by atoms with Gasteiger partial charge in [0.25, 0.3) is 0 Å². The van der Waals surface area contributed by atoms with Gasteiger partial charge in [0.1, 0.15) is 36.9 Å². The Labute approximate surface area is 368 Å². The molecule has 0 saturated heterocycles. The maximum absolute atomic E-state index is 14.2. The summed E-state index contributed by atoms with van der Waals surface area (Å²) in [7, 11) is -4.28. The van der Waals surface area contributed by atoms with Crippen molar-refractivity contribution in [3.05, 3.63) is 174 Å². The summed E-state index contributed by atoms with van der Waals surface area (Å²) in [5, 5.41) is 16.2. The predicted molar refractivity (Wildman–Crippen MR) is 262 cm³/mol. The van der Waals surface area contributed by atoms with Gasteiger partial charge in [-0.3, -0.25) is 4.68 Å². The van der Waals surface area contributed by atoms with E-state index < -0.39 is 20.9 Å². The van der Waals surface area contributed by atoms with Gasteiger partial charge in [-0.1, -0.05) is 91.1 Å². The van der Waals surface area contributed by atoms with Crippen molar-refractivity contribution in [1.29, 1.82) is 0 Å². The van der Waals surface area contributed by atoms with Crippen LogP contribution in [0.15, 0.2) is 152 Å². The second-order valence-electron chi connectivity index (χ2n) is 17.0. The van der Waals surface area contributed by atoms with E-state index in [-0.39, 0.29) is 5.97 Å². The number of rotatable bonds is 14. The van der Waals surface area contributed by atoms with Crippen LogP contribution in [0.5, 0.6) is 0 Å². The Kier molecular flexibility index (Phi) is 11.3. The SMILES string of the molecule is CCN(CC)c1ccc2c(c1)[Si](C)(C)c1cc(N(CC)CC)ccc1C21OC(=O)c2ccc(-c3cn(CCC[P+](c4ccccc4)(c4ccccc4)c4ccccc4)nn3)cc21. The van der Waals surface area contributed by atoms with Crippen LogP contribution in [0.1, 0.15) is 61.2 Å². The summed E-state index contributed by atoms with van der Waals surface area (Å²) in [6.45, 7) is 18.1. The van der Waals surface area contributed by atoms with Crippen molar-refractivity contribution in [3.8, 4) is 11.3 Å². The van der Waals surface area contributed by atoms with E-state index in [1.165, 1.54) is 37.7 Å². The molecule has 0 unspecified atom stereocenters. The summed E-state index contributed by atoms with van der Waals surface area (Å²) < 4.78 is 8.81. The number of esters is 1. The fourth-order valence-corrected chi connectivity index (χ4v) is 17.8. The molecule has 0 aliphatic carbocycles. The molecule has 0 saturated carbocycles. The molecule has 9 rings (SSSR count). The summed E-state index contributed by atoms with van der Waals surface area (Å²) >= 11 is 0. The number of carbonyl (C=O) groups excluding carboxylic acids is 1. The lowest BCUT2D eigenvalue weighted by molar-refractivity contribution is 0.0255. The van der Waals surface area contributed by atoms with Crippen LogP contribution in [-0.2, 0) is 16.9 Å². The summed E-state index contributed by atoms with van der Waals surface area (Å²) in [6.07, 6.45) is 3.97. The van der Waals surface area contributed by atoms with Gasteiger partial charge in [-0.15, -0.1) is 5.10 Å². The average molecular weight is 855 g/mol. The van der Waals surface area contributed by atoms with Gasteiger partial charge < -0.3 is 14.5 Å². The Balaban J connectivity index is 1.10. The quantitative estimate of drug-likeness (QED) is 0.0621. The molecule has 0 amide bonds. The largest absolute Gasteiger partial charge is 0.441 e. The molecule has 9 heteroatoms. The lowest BCUT2D eigenvalue weighted by Crippen LogP contribution is -2.63. The summed E-state index contributed by atoms with van der Waals surface area (Å²) in [5.74, 6) is -0.295. The van der Waals surface area contributed by atoms with E-state index in [2.05, 4.69) is 190 Å². The lowest BCUT2D eigenvalue weighted by atomic mass is 9.78. The van der Waals surface area contributed by atoms with E-state index in [1.807, 2.05) is 16.8 Å². The number of anilines is 2. The maximum atomic E-state index is 14.2. The molecule has 0 bridgehead atoms. The normalized spacial score (nSPS) is 14.5. The lowest BCUT2D eigenvalue weighted by Gasteiger charge is -2.44. The molecule has 0 fully saturated rings. The van der Waals surface area contributed by atoms with Crippen molar-refractivity contribution >= 4 is 59.0 Å². The minimum Gasteiger partial charge on any atom is -0.441 e. The number of fused-ring (bicyclic) bond motifs is 6. The molecular formula is C53H57N5O2PSi+. The Morgan fingerprint density at radius 2 is 1.13 bits per heavy atom. The second-order valence-corrected chi connectivity index (χ2v) is 25.0. The van der Waals surface area contributed by atoms with E-state index in [4.69, 9.17) is 15.0 Å². The number of aryl methyl sites for hydroxylation is 1. The van der Waals surface area contributed by atoms with Crippen LogP contribution in [0.2, 0.25) is 13.1 Å². The smallest absolute Gasteiger partial charge is 0.340 e. The third kappa shape index (κ3) is 6.79. The molecule has 3 heterocycles. The van der Waals surface area contributed by atoms with Gasteiger partial charge in [0.2, 0.25) is 0 Å². The predicted octanol–water partition coefficient (Wildman–Crippen LogP) is 8.62. The molecule has 2 aliphatic heterocycles. The van der Waals surface area contributed by atoms with Crippen LogP contribution in [-0.4, -0.2) is 61.4 Å². The number of carbonyl (C=O) groups is 1. The number of hydrogen-bond donors (Lipinski definition) is 0. The van der Waals surface area contributed by atoms with Crippen LogP contribution < -0.4 is 36.1 Å². The van der Waals surface area contributed by atoms with E-state index >= 15 is 0 Å². The average Bonchev–Trinajstić information content (AvgIpc) is 3.91. The zero-order valence-electron chi connectivity index (χ0n) is 36.9. The fourth-order valence-electron chi connectivity index (χ4n) is 10.3. The molecule has 1 spiro atoms. The molecule has 6 aromatic carbocycles. The number of ether oxygens (including phenoxy) is 1. The van der Waals surface area contributed by atoms with Crippen LogP contribution in [0.3, 0.4) is 0 Å². The van der Waals surface area contributed by atoms with Crippen molar-refractivity contribution in [1.82, 2.24) is 15.0 Å². The first-order chi connectivity index (χ1) is 30.2. The zero-order chi connectivity index (χ0) is 43.1. The monoisotopic (exact) mass is 854 g/mol. The van der Waals surface area contributed by atoms with Gasteiger partial charge in [0, 0.05) is 72.8 Å². The molecule has 7 aromatic rings. The van der Waals surface area contributed by atoms with Gasteiger partial charge in [0.15, 0.2) is 5.60 Å². The summed E-state index contributed by atoms with van der Waals surface area (Å²) in [4.78, 5) is 19.0. The minimum absolute atomic E-state index is 0.295. The highest BCUT2D eigenvalue weighted by Gasteiger charge is 2.56. The Morgan fingerprint density at radius 3 is 1.61 bits per heavy atom. The molecule has 1 aromatic heterocycles. The number of nitrogens with zero attached hydrogens (tertiary/aromatic N) is 5. The second kappa shape index (κ2) is 16.8. The van der Waals surface area contributed by atoms with E-state index in [1.54, 1.807) is 0 Å². The van der Waals surface area contributed by atoms with Gasteiger partial charge >= 0.3 is 5.97 Å². The molecule has 62 heavy (non-hydrogen) atoms. The third-order valence-corrected chi connectivity index (χ3v) is 21.6. The molecule has 2 aliphatic rings. The van der Waals surface area contributed by atoms with E-state index in [0.717, 1.165) is 73.3 Å². The topological polar surface area (TPSA) is 63.5 Å². The van der Waals surface area contributed by atoms with Crippen molar-refractivity contribution in [2.45, 2.75) is 59.4 Å². The van der Waals surface area contributed by atoms with Gasteiger partial charge in [-0.2, -0.15) is 0 Å². The molecule has 0 N–H and O–H groups in total. The summed E-state index contributed by atoms with van der Waals surface area (Å²) in [5.41, 5.74) is 6.63. The first-order valence-corrected chi connectivity index (χ1v) is 27.3. The fraction of sp³-hybridized carbons (Fsp3) is 0.264. The highest BCUT2D eigenvalue weighted by Crippen LogP contribution is 2.56. The van der Waals surface area contributed by atoms with Crippen LogP contribution in [0.25, 0.3) is 11.3 Å². The van der Waals surface area contributed by atoms with Crippen molar-refractivity contribution < 1.29 is 9.53 Å². The summed E-state index contributed by atoms with van der Waals surface area (Å²) in [6, 6.07) is 52.9. The van der Waals surface area contributed by atoms with Crippen LogP contribution in [0, 0.1) is 0 Å². The standard InChI is InChI=1S/C53H57N5O2PSi/c1-7-56(8-2)40-28-31-46-50(36-40)62(5,6)51-37-41(57(9-3)10-4)29-32-47(51)53(46)48-35-39(27-30-45(48)52(59)60-53)49-38-58(55-54-49)33-20-34-61(42-21-14-11-15-22-42,43-23-16-12-17-24-43)44-25-18-13-19-26-44/h11-19,21-32,35-38H,7-10,20,33-34H2,1-6H3/q+1. The van der Waals surface area contributed by atoms with Crippen molar-refractivity contribution in [3.63, 3.8) is 0 Å². The van der Waals surface area contributed by atoms with Gasteiger partial charge in [-0.05, 0) is 111 Å². The van der Waals surface area contributed by atoms with E-state index in [9.17, 15) is 4.79 Å². The molecule has 314 valence electrons. The number of aromatic nitrogens is 3. The van der Waals surface area contributed by atoms with Crippen LogP contribution in [0.4, 0.5) is 11.4 Å². The highest BCUT2D eigenvalue weighted by atomic mass is 31.2. The molecule has 0 atom stereocenters. The first-order valence-electron chi connectivity index (χ1n) is 22.3. The van der Waals surface area contributed by atoms with E-state index in [0.29, 0.717) is 5.56 Å². The number of hydrogen-bond acceptors (Lipinski definition) is 6. The Hall–Kier alpha value is -5.82. The first kappa shape index (κ1) is 41.5. The van der Waals surface area contributed by atoms with Gasteiger partial charge in [0.05, 0.1) is 17.9 Å². The number of benzene rings is 6. The van der Waals surface area contributed by atoms with Crippen LogP contribution >= 0.6 is 7.26 Å². The van der Waals surface area contributed by atoms with Gasteiger partial charge in [-0.25, -0.2) is 4.79 Å². The Morgan fingerprint density at radius 1 is 0.629 bits per heavy atom. The highest BCUT2D eigenvalue weighted by molar-refractivity contribution is 7.95. The maximum Gasteiger partial charge on any atom is 0.340 e. The van der Waals surface area contributed by atoms with Crippen molar-refractivity contribution in [2.24, 2.45) is 0 Å².